The molecule has 2 heteroatoms. The highest BCUT2D eigenvalue weighted by molar-refractivity contribution is 5.36. The summed E-state index contributed by atoms with van der Waals surface area (Å²) in [6, 6.07) is 0. The van der Waals surface area contributed by atoms with E-state index in [0.29, 0.717) is 24.0 Å². The Morgan fingerprint density at radius 3 is 1.44 bits per heavy atom. The average Bonchev–Trinajstić information content (AvgIpc) is 2.28. The predicted octanol–water partition coefficient (Wildman–Crippen LogP) is 5.41. The molecule has 0 aromatic rings. The molecule has 98 valence electrons. The Balaban J connectivity index is 2.35. The van der Waals surface area contributed by atoms with Crippen molar-refractivity contribution in [3.63, 3.8) is 0 Å². The van der Waals surface area contributed by atoms with Gasteiger partial charge >= 0.3 is 0 Å². The molecule has 0 bridgehead atoms. The SMILES string of the molecule is CC1=CC(C)=C(F)C([C@H]2CC(C)=CC(C)=C2F)C1. The molecular formula is C16H20F2. The van der Waals surface area contributed by atoms with Gasteiger partial charge in [0, 0.05) is 11.8 Å². The minimum atomic E-state index is -0.325. The fourth-order valence-electron chi connectivity index (χ4n) is 3.09. The first-order valence-corrected chi connectivity index (χ1v) is 6.47. The van der Waals surface area contributed by atoms with Crippen LogP contribution in [-0.4, -0.2) is 0 Å². The highest BCUT2D eigenvalue weighted by Gasteiger charge is 2.34. The van der Waals surface area contributed by atoms with E-state index in [-0.39, 0.29) is 23.5 Å². The van der Waals surface area contributed by atoms with Gasteiger partial charge in [-0.15, -0.1) is 0 Å². The van der Waals surface area contributed by atoms with Crippen LogP contribution in [0, 0.1) is 11.8 Å². The zero-order valence-corrected chi connectivity index (χ0v) is 11.5. The standard InChI is InChI=1S/C16H20F2/c1-9-5-11(3)15(17)13(7-9)14-8-10(2)6-12(4)16(14)18/h5-6,13-14H,7-8H2,1-4H3/t13-,14?/m1/s1. The first kappa shape index (κ1) is 13.3. The van der Waals surface area contributed by atoms with E-state index in [0.717, 1.165) is 11.1 Å². The summed E-state index contributed by atoms with van der Waals surface area (Å²) in [5, 5.41) is 0. The topological polar surface area (TPSA) is 0 Å². The molecule has 0 fully saturated rings. The molecule has 0 aromatic heterocycles. The summed E-state index contributed by atoms with van der Waals surface area (Å²) in [4.78, 5) is 0. The maximum absolute atomic E-state index is 14.3. The van der Waals surface area contributed by atoms with Gasteiger partial charge in [-0.2, -0.15) is 0 Å². The van der Waals surface area contributed by atoms with Gasteiger partial charge in [-0.25, -0.2) is 8.78 Å². The van der Waals surface area contributed by atoms with Crippen LogP contribution < -0.4 is 0 Å². The number of hydrogen-bond donors (Lipinski definition) is 0. The molecule has 0 aromatic carbocycles. The van der Waals surface area contributed by atoms with Crippen molar-refractivity contribution >= 4 is 0 Å². The van der Waals surface area contributed by atoms with Crippen LogP contribution >= 0.6 is 0 Å². The van der Waals surface area contributed by atoms with E-state index in [4.69, 9.17) is 0 Å². The van der Waals surface area contributed by atoms with Crippen LogP contribution in [-0.2, 0) is 0 Å². The van der Waals surface area contributed by atoms with Crippen molar-refractivity contribution in [3.05, 3.63) is 46.1 Å². The highest BCUT2D eigenvalue weighted by atomic mass is 19.1. The lowest BCUT2D eigenvalue weighted by Crippen LogP contribution is -2.22. The van der Waals surface area contributed by atoms with Crippen molar-refractivity contribution < 1.29 is 8.78 Å². The van der Waals surface area contributed by atoms with Gasteiger partial charge in [0.25, 0.3) is 0 Å². The summed E-state index contributed by atoms with van der Waals surface area (Å²) < 4.78 is 28.5. The van der Waals surface area contributed by atoms with Crippen LogP contribution in [0.25, 0.3) is 0 Å². The molecule has 18 heavy (non-hydrogen) atoms. The van der Waals surface area contributed by atoms with E-state index >= 15 is 0 Å². The van der Waals surface area contributed by atoms with E-state index in [2.05, 4.69) is 0 Å². The Morgan fingerprint density at radius 1 is 0.778 bits per heavy atom. The Kier molecular flexibility index (Phi) is 3.56. The Bertz CT molecular complexity index is 443. The van der Waals surface area contributed by atoms with E-state index in [9.17, 15) is 8.78 Å². The summed E-state index contributed by atoms with van der Waals surface area (Å²) >= 11 is 0. The molecule has 0 radical (unpaired) electrons. The summed E-state index contributed by atoms with van der Waals surface area (Å²) in [7, 11) is 0. The van der Waals surface area contributed by atoms with E-state index in [1.54, 1.807) is 13.8 Å². The molecule has 0 nitrogen and oxygen atoms in total. The van der Waals surface area contributed by atoms with E-state index < -0.39 is 0 Å². The smallest absolute Gasteiger partial charge is 0.107 e. The molecule has 0 saturated carbocycles. The molecule has 0 heterocycles. The first-order chi connectivity index (χ1) is 8.40. The lowest BCUT2D eigenvalue weighted by Gasteiger charge is -2.31. The lowest BCUT2D eigenvalue weighted by molar-refractivity contribution is 0.302. The van der Waals surface area contributed by atoms with Crippen LogP contribution in [0.2, 0.25) is 0 Å². The van der Waals surface area contributed by atoms with Crippen molar-refractivity contribution in [1.29, 1.82) is 0 Å². The number of halogens is 2. The number of hydrogen-bond acceptors (Lipinski definition) is 0. The maximum Gasteiger partial charge on any atom is 0.107 e. The Hall–Kier alpha value is -1.18. The van der Waals surface area contributed by atoms with Crippen molar-refractivity contribution in [2.75, 3.05) is 0 Å². The Morgan fingerprint density at radius 2 is 1.11 bits per heavy atom. The van der Waals surface area contributed by atoms with Gasteiger partial charge in [0.2, 0.25) is 0 Å². The Labute approximate surface area is 108 Å². The second-order valence-corrected chi connectivity index (χ2v) is 5.66. The van der Waals surface area contributed by atoms with E-state index in [1.165, 1.54) is 0 Å². The van der Waals surface area contributed by atoms with Crippen molar-refractivity contribution in [1.82, 2.24) is 0 Å². The second kappa shape index (κ2) is 4.83. The zero-order valence-electron chi connectivity index (χ0n) is 11.5. The summed E-state index contributed by atoms with van der Waals surface area (Å²) in [5.41, 5.74) is 3.58. The molecule has 2 rings (SSSR count). The average molecular weight is 250 g/mol. The minimum absolute atomic E-state index is 0.136. The van der Waals surface area contributed by atoms with Gasteiger partial charge in [0.1, 0.15) is 11.7 Å². The van der Waals surface area contributed by atoms with Gasteiger partial charge in [-0.1, -0.05) is 23.3 Å². The molecular weight excluding hydrogens is 230 g/mol. The summed E-state index contributed by atoms with van der Waals surface area (Å²) in [5.74, 6) is -0.922. The van der Waals surface area contributed by atoms with Crippen LogP contribution in [0.15, 0.2) is 46.1 Å². The third-order valence-electron chi connectivity index (χ3n) is 3.90. The van der Waals surface area contributed by atoms with Gasteiger partial charge in [0.15, 0.2) is 0 Å². The van der Waals surface area contributed by atoms with Gasteiger partial charge in [-0.3, -0.25) is 0 Å². The minimum Gasteiger partial charge on any atom is -0.211 e. The molecule has 0 saturated heterocycles. The molecule has 2 aliphatic carbocycles. The second-order valence-electron chi connectivity index (χ2n) is 5.66. The van der Waals surface area contributed by atoms with Crippen molar-refractivity contribution in [2.24, 2.45) is 11.8 Å². The molecule has 0 aliphatic heterocycles. The molecule has 2 atom stereocenters. The number of allylic oxidation sites excluding steroid dienone is 8. The highest BCUT2D eigenvalue weighted by Crippen LogP contribution is 2.44. The third kappa shape index (κ3) is 2.33. The number of rotatable bonds is 1. The van der Waals surface area contributed by atoms with Gasteiger partial charge < -0.3 is 0 Å². The quantitative estimate of drug-likeness (QED) is 0.584. The summed E-state index contributed by atoms with van der Waals surface area (Å²) in [6.45, 7) is 7.52. The van der Waals surface area contributed by atoms with Crippen LogP contribution in [0.3, 0.4) is 0 Å². The van der Waals surface area contributed by atoms with Crippen LogP contribution in [0.5, 0.6) is 0 Å². The normalized spacial score (nSPS) is 29.4. The first-order valence-electron chi connectivity index (χ1n) is 6.47. The summed E-state index contributed by atoms with van der Waals surface area (Å²) in [6.07, 6.45) is 4.99. The maximum atomic E-state index is 14.3. The fourth-order valence-corrected chi connectivity index (χ4v) is 3.09. The van der Waals surface area contributed by atoms with Crippen LogP contribution in [0.1, 0.15) is 40.5 Å². The molecule has 0 amide bonds. The predicted molar refractivity (Wildman–Crippen MR) is 71.3 cm³/mol. The van der Waals surface area contributed by atoms with Gasteiger partial charge in [-0.05, 0) is 51.7 Å². The largest absolute Gasteiger partial charge is 0.211 e. The third-order valence-corrected chi connectivity index (χ3v) is 3.90. The van der Waals surface area contributed by atoms with Crippen LogP contribution in [0.4, 0.5) is 8.78 Å². The monoisotopic (exact) mass is 250 g/mol. The fraction of sp³-hybridized carbons (Fsp3) is 0.500. The molecule has 2 aliphatic rings. The zero-order chi connectivity index (χ0) is 13.4. The molecule has 0 spiro atoms. The van der Waals surface area contributed by atoms with Crippen molar-refractivity contribution in [3.8, 4) is 0 Å². The van der Waals surface area contributed by atoms with E-state index in [1.807, 2.05) is 26.0 Å². The van der Waals surface area contributed by atoms with Gasteiger partial charge in [0.05, 0.1) is 0 Å². The lowest BCUT2D eigenvalue weighted by atomic mass is 9.75. The molecule has 1 unspecified atom stereocenters. The molecule has 0 N–H and O–H groups in total. The van der Waals surface area contributed by atoms with Crippen molar-refractivity contribution in [2.45, 2.75) is 40.5 Å².